The molecule has 0 aliphatic carbocycles. The van der Waals surface area contributed by atoms with Crippen molar-refractivity contribution >= 4 is 44.3 Å². The van der Waals surface area contributed by atoms with E-state index in [-0.39, 0.29) is 0 Å². The smallest absolute Gasteiger partial charge is 0.124 e. The minimum absolute atomic E-state index is 0.776. The largest absolute Gasteiger partial charge is 0.399 e. The first-order valence-corrected chi connectivity index (χ1v) is 7.78. The van der Waals surface area contributed by atoms with Crippen molar-refractivity contribution in [3.05, 3.63) is 45.6 Å². The zero-order chi connectivity index (χ0) is 12.5. The van der Waals surface area contributed by atoms with Gasteiger partial charge in [0.2, 0.25) is 0 Å². The van der Waals surface area contributed by atoms with Crippen LogP contribution in [-0.4, -0.2) is 4.98 Å². The molecule has 2 aromatic heterocycles. The fourth-order valence-corrected chi connectivity index (χ4v) is 3.84. The quantitative estimate of drug-likeness (QED) is 0.677. The van der Waals surface area contributed by atoms with Crippen LogP contribution in [0.15, 0.2) is 45.6 Å². The van der Waals surface area contributed by atoms with E-state index in [0.717, 1.165) is 25.7 Å². The number of anilines is 1. The van der Waals surface area contributed by atoms with Gasteiger partial charge < -0.3 is 5.73 Å². The summed E-state index contributed by atoms with van der Waals surface area (Å²) in [6, 6.07) is 11.9. The van der Waals surface area contributed by atoms with Crippen LogP contribution in [0.3, 0.4) is 0 Å². The van der Waals surface area contributed by atoms with E-state index < -0.39 is 0 Å². The first-order chi connectivity index (χ1) is 8.72. The van der Waals surface area contributed by atoms with Crippen LogP contribution in [0.4, 0.5) is 5.69 Å². The van der Waals surface area contributed by atoms with Crippen molar-refractivity contribution in [2.75, 3.05) is 5.73 Å². The van der Waals surface area contributed by atoms with Crippen molar-refractivity contribution in [3.8, 4) is 21.1 Å². The molecular formula is C13H9BrN2S2. The van der Waals surface area contributed by atoms with Gasteiger partial charge in [-0.25, -0.2) is 4.98 Å². The first kappa shape index (κ1) is 11.9. The van der Waals surface area contributed by atoms with Gasteiger partial charge in [0.1, 0.15) is 5.01 Å². The second-order valence-electron chi connectivity index (χ2n) is 3.76. The molecule has 0 aliphatic heterocycles. The summed E-state index contributed by atoms with van der Waals surface area (Å²) in [5.41, 5.74) is 8.60. The summed E-state index contributed by atoms with van der Waals surface area (Å²) in [5.74, 6) is 0. The maximum absolute atomic E-state index is 5.68. The minimum atomic E-state index is 0.776. The Morgan fingerprint density at radius 1 is 1.06 bits per heavy atom. The number of aromatic nitrogens is 1. The van der Waals surface area contributed by atoms with Crippen LogP contribution >= 0.6 is 38.6 Å². The Hall–Kier alpha value is -1.17. The lowest BCUT2D eigenvalue weighted by Gasteiger charge is -1.96. The standard InChI is InChI=1S/C13H9BrN2S2/c14-12-6-5-11(18-12)10-7-17-13(16-10)8-1-3-9(15)4-2-8/h1-7H,15H2. The third-order valence-corrected chi connectivity index (χ3v) is 5.02. The number of benzene rings is 1. The summed E-state index contributed by atoms with van der Waals surface area (Å²) in [6.07, 6.45) is 0. The lowest BCUT2D eigenvalue weighted by molar-refractivity contribution is 1.42. The predicted octanol–water partition coefficient (Wildman–Crippen LogP) is 4.88. The van der Waals surface area contributed by atoms with Crippen LogP contribution in [0.2, 0.25) is 0 Å². The topological polar surface area (TPSA) is 38.9 Å². The Kier molecular flexibility index (Phi) is 3.20. The van der Waals surface area contributed by atoms with E-state index in [1.807, 2.05) is 30.3 Å². The SMILES string of the molecule is Nc1ccc(-c2nc(-c3ccc(Br)s3)cs2)cc1. The molecule has 0 atom stereocenters. The molecule has 0 amide bonds. The molecule has 3 aromatic rings. The Morgan fingerprint density at radius 2 is 1.83 bits per heavy atom. The lowest BCUT2D eigenvalue weighted by atomic mass is 10.2. The molecule has 1 aromatic carbocycles. The lowest BCUT2D eigenvalue weighted by Crippen LogP contribution is -1.83. The van der Waals surface area contributed by atoms with Crippen LogP contribution < -0.4 is 5.73 Å². The molecule has 0 fully saturated rings. The molecule has 0 saturated carbocycles. The first-order valence-electron chi connectivity index (χ1n) is 5.29. The number of hydrogen-bond donors (Lipinski definition) is 1. The van der Waals surface area contributed by atoms with Gasteiger partial charge in [0, 0.05) is 16.6 Å². The van der Waals surface area contributed by atoms with Gasteiger partial charge in [-0.2, -0.15) is 0 Å². The summed E-state index contributed by atoms with van der Waals surface area (Å²) >= 11 is 6.81. The van der Waals surface area contributed by atoms with E-state index in [9.17, 15) is 0 Å². The summed E-state index contributed by atoms with van der Waals surface area (Å²) in [6.45, 7) is 0. The van der Waals surface area contributed by atoms with E-state index in [2.05, 4.69) is 32.4 Å². The number of nitrogens with zero attached hydrogens (tertiary/aromatic N) is 1. The van der Waals surface area contributed by atoms with Crippen molar-refractivity contribution in [2.24, 2.45) is 0 Å². The van der Waals surface area contributed by atoms with Crippen molar-refractivity contribution in [2.45, 2.75) is 0 Å². The highest BCUT2D eigenvalue weighted by Crippen LogP contribution is 2.34. The summed E-state index contributed by atoms with van der Waals surface area (Å²) in [4.78, 5) is 5.84. The summed E-state index contributed by atoms with van der Waals surface area (Å²) < 4.78 is 1.12. The van der Waals surface area contributed by atoms with Crippen LogP contribution in [0, 0.1) is 0 Å². The zero-order valence-electron chi connectivity index (χ0n) is 9.26. The van der Waals surface area contributed by atoms with Crippen LogP contribution in [0.25, 0.3) is 21.1 Å². The summed E-state index contributed by atoms with van der Waals surface area (Å²) in [5, 5.41) is 3.11. The van der Waals surface area contributed by atoms with Gasteiger partial charge >= 0.3 is 0 Å². The van der Waals surface area contributed by atoms with Crippen LogP contribution in [0.1, 0.15) is 0 Å². The van der Waals surface area contributed by atoms with Crippen molar-refractivity contribution in [1.82, 2.24) is 4.98 Å². The monoisotopic (exact) mass is 336 g/mol. The zero-order valence-corrected chi connectivity index (χ0v) is 12.5. The van der Waals surface area contributed by atoms with Crippen molar-refractivity contribution in [3.63, 3.8) is 0 Å². The van der Waals surface area contributed by atoms with Gasteiger partial charge in [-0.3, -0.25) is 0 Å². The Balaban J connectivity index is 1.96. The molecule has 0 saturated heterocycles. The maximum Gasteiger partial charge on any atom is 0.124 e. The molecule has 5 heteroatoms. The van der Waals surface area contributed by atoms with E-state index in [1.165, 1.54) is 4.88 Å². The Labute approximate surface area is 121 Å². The second kappa shape index (κ2) is 4.84. The van der Waals surface area contributed by atoms with Gasteiger partial charge in [0.15, 0.2) is 0 Å². The van der Waals surface area contributed by atoms with Crippen LogP contribution in [-0.2, 0) is 0 Å². The fourth-order valence-electron chi connectivity index (χ4n) is 1.60. The van der Waals surface area contributed by atoms with Gasteiger partial charge in [-0.05, 0) is 52.3 Å². The average Bonchev–Trinajstić information content (AvgIpc) is 2.98. The van der Waals surface area contributed by atoms with E-state index >= 15 is 0 Å². The van der Waals surface area contributed by atoms with Crippen LogP contribution in [0.5, 0.6) is 0 Å². The molecule has 0 radical (unpaired) electrons. The van der Waals surface area contributed by atoms with Gasteiger partial charge in [-0.1, -0.05) is 0 Å². The summed E-state index contributed by atoms with van der Waals surface area (Å²) in [7, 11) is 0. The third kappa shape index (κ3) is 2.34. The van der Waals surface area contributed by atoms with E-state index in [0.29, 0.717) is 0 Å². The van der Waals surface area contributed by atoms with Crippen molar-refractivity contribution in [1.29, 1.82) is 0 Å². The molecule has 90 valence electrons. The molecule has 0 unspecified atom stereocenters. The number of halogens is 1. The molecule has 3 rings (SSSR count). The van der Waals surface area contributed by atoms with Gasteiger partial charge in [0.25, 0.3) is 0 Å². The molecule has 2 nitrogen and oxygen atoms in total. The molecule has 18 heavy (non-hydrogen) atoms. The normalized spacial score (nSPS) is 10.7. The molecule has 2 N–H and O–H groups in total. The maximum atomic E-state index is 5.68. The highest BCUT2D eigenvalue weighted by atomic mass is 79.9. The number of nitrogen functional groups attached to an aromatic ring is 1. The van der Waals surface area contributed by atoms with E-state index in [4.69, 9.17) is 5.73 Å². The highest BCUT2D eigenvalue weighted by molar-refractivity contribution is 9.11. The fraction of sp³-hybridized carbons (Fsp3) is 0. The number of hydrogen-bond acceptors (Lipinski definition) is 4. The number of nitrogens with two attached hydrogens (primary N) is 1. The average molecular weight is 337 g/mol. The molecular weight excluding hydrogens is 328 g/mol. The van der Waals surface area contributed by atoms with Crippen molar-refractivity contribution < 1.29 is 0 Å². The molecule has 0 spiro atoms. The Morgan fingerprint density at radius 3 is 2.50 bits per heavy atom. The number of thiazole rings is 1. The third-order valence-electron chi connectivity index (χ3n) is 2.49. The van der Waals surface area contributed by atoms with Gasteiger partial charge in [-0.15, -0.1) is 22.7 Å². The number of thiophene rings is 1. The molecule has 0 bridgehead atoms. The molecule has 0 aliphatic rings. The predicted molar refractivity (Wildman–Crippen MR) is 83.0 cm³/mol. The second-order valence-corrected chi connectivity index (χ2v) is 7.08. The Bertz CT molecular complexity index is 670. The molecule has 2 heterocycles. The van der Waals surface area contributed by atoms with E-state index in [1.54, 1.807) is 22.7 Å². The minimum Gasteiger partial charge on any atom is -0.399 e. The van der Waals surface area contributed by atoms with Gasteiger partial charge in [0.05, 0.1) is 14.4 Å². The highest BCUT2D eigenvalue weighted by Gasteiger charge is 2.08. The number of rotatable bonds is 2.